The van der Waals surface area contributed by atoms with E-state index in [0.29, 0.717) is 30.2 Å². The molecule has 1 N–H and O–H groups in total. The minimum atomic E-state index is 0.104. The molecule has 21 heavy (non-hydrogen) atoms. The Morgan fingerprint density at radius 2 is 2.38 bits per heavy atom. The van der Waals surface area contributed by atoms with Crippen molar-refractivity contribution in [3.63, 3.8) is 0 Å². The maximum Gasteiger partial charge on any atom is 0.238 e. The summed E-state index contributed by atoms with van der Waals surface area (Å²) in [5, 5.41) is 7.60. The standard InChI is InChI=1S/C14H21N5O2/c1-3-5-15-11-4-8-20-9-10(11)14-17-12(18-21-14)13-16-6-7-19(13)2/h6-7,10-11,15H,3-5,8-9H2,1-2H3. The summed E-state index contributed by atoms with van der Waals surface area (Å²) in [4.78, 5) is 8.76. The molecule has 2 atom stereocenters. The minimum absolute atomic E-state index is 0.104. The number of aromatic nitrogens is 4. The molecule has 0 spiro atoms. The van der Waals surface area contributed by atoms with Crippen LogP contribution >= 0.6 is 0 Å². The minimum Gasteiger partial charge on any atom is -0.381 e. The number of ether oxygens (including phenoxy) is 1. The molecule has 3 rings (SSSR count). The number of imidazole rings is 1. The van der Waals surface area contributed by atoms with Crippen molar-refractivity contribution in [3.05, 3.63) is 18.3 Å². The second-order valence-electron chi connectivity index (χ2n) is 5.35. The average Bonchev–Trinajstić information content (AvgIpc) is 3.14. The fourth-order valence-corrected chi connectivity index (χ4v) is 2.61. The highest BCUT2D eigenvalue weighted by Crippen LogP contribution is 2.26. The second kappa shape index (κ2) is 6.36. The van der Waals surface area contributed by atoms with Crippen LogP contribution in [0, 0.1) is 0 Å². The van der Waals surface area contributed by atoms with Gasteiger partial charge in [0.1, 0.15) is 0 Å². The lowest BCUT2D eigenvalue weighted by atomic mass is 9.95. The number of aryl methyl sites for hydroxylation is 1. The second-order valence-corrected chi connectivity index (χ2v) is 5.35. The van der Waals surface area contributed by atoms with Gasteiger partial charge in [-0.25, -0.2) is 4.98 Å². The van der Waals surface area contributed by atoms with Gasteiger partial charge in [-0.1, -0.05) is 12.1 Å². The van der Waals surface area contributed by atoms with Crippen molar-refractivity contribution < 1.29 is 9.26 Å². The first-order valence-electron chi connectivity index (χ1n) is 7.42. The summed E-state index contributed by atoms with van der Waals surface area (Å²) in [6, 6.07) is 0.327. The summed E-state index contributed by atoms with van der Waals surface area (Å²) in [5.74, 6) is 1.96. The van der Waals surface area contributed by atoms with Crippen LogP contribution in [-0.4, -0.2) is 45.5 Å². The Hall–Kier alpha value is -1.73. The topological polar surface area (TPSA) is 78.0 Å². The summed E-state index contributed by atoms with van der Waals surface area (Å²) in [6.07, 6.45) is 5.65. The first kappa shape index (κ1) is 14.2. The Kier molecular flexibility index (Phi) is 4.31. The van der Waals surface area contributed by atoms with Crippen LogP contribution in [0.2, 0.25) is 0 Å². The number of rotatable bonds is 5. The molecule has 0 aliphatic carbocycles. The largest absolute Gasteiger partial charge is 0.381 e. The van der Waals surface area contributed by atoms with Crippen LogP contribution in [0.5, 0.6) is 0 Å². The van der Waals surface area contributed by atoms with E-state index < -0.39 is 0 Å². The first-order valence-corrected chi connectivity index (χ1v) is 7.42. The van der Waals surface area contributed by atoms with Crippen LogP contribution in [-0.2, 0) is 11.8 Å². The van der Waals surface area contributed by atoms with Crippen LogP contribution in [0.15, 0.2) is 16.9 Å². The maximum absolute atomic E-state index is 5.58. The molecule has 2 unspecified atom stereocenters. The highest BCUT2D eigenvalue weighted by Gasteiger charge is 2.31. The third-order valence-corrected chi connectivity index (χ3v) is 3.79. The fraction of sp³-hybridized carbons (Fsp3) is 0.643. The van der Waals surface area contributed by atoms with Crippen molar-refractivity contribution in [1.29, 1.82) is 0 Å². The summed E-state index contributed by atoms with van der Waals surface area (Å²) in [5.41, 5.74) is 0. The van der Waals surface area contributed by atoms with Gasteiger partial charge in [-0.3, -0.25) is 0 Å². The molecular weight excluding hydrogens is 270 g/mol. The fourth-order valence-electron chi connectivity index (χ4n) is 2.61. The van der Waals surface area contributed by atoms with Gasteiger partial charge >= 0.3 is 0 Å². The van der Waals surface area contributed by atoms with Gasteiger partial charge in [-0.05, 0) is 19.4 Å². The van der Waals surface area contributed by atoms with E-state index >= 15 is 0 Å². The molecule has 7 nitrogen and oxygen atoms in total. The predicted octanol–water partition coefficient (Wildman–Crippen LogP) is 1.34. The van der Waals surface area contributed by atoms with Gasteiger partial charge in [0.2, 0.25) is 11.7 Å². The molecule has 1 aliphatic rings. The van der Waals surface area contributed by atoms with Gasteiger partial charge in [0.05, 0.1) is 12.5 Å². The Morgan fingerprint density at radius 1 is 1.48 bits per heavy atom. The first-order chi connectivity index (χ1) is 10.3. The molecule has 114 valence electrons. The third-order valence-electron chi connectivity index (χ3n) is 3.79. The Balaban J connectivity index is 1.79. The molecule has 0 saturated carbocycles. The Labute approximate surface area is 123 Å². The van der Waals surface area contributed by atoms with E-state index in [4.69, 9.17) is 9.26 Å². The molecule has 0 radical (unpaired) electrons. The van der Waals surface area contributed by atoms with Crippen LogP contribution in [0.4, 0.5) is 0 Å². The quantitative estimate of drug-likeness (QED) is 0.895. The Bertz CT molecular complexity index is 579. The average molecular weight is 291 g/mol. The summed E-state index contributed by atoms with van der Waals surface area (Å²) in [7, 11) is 1.91. The zero-order chi connectivity index (χ0) is 14.7. The molecule has 1 aliphatic heterocycles. The predicted molar refractivity (Wildman–Crippen MR) is 76.8 cm³/mol. The zero-order valence-corrected chi connectivity index (χ0v) is 12.5. The van der Waals surface area contributed by atoms with Gasteiger partial charge in [0.15, 0.2) is 5.82 Å². The van der Waals surface area contributed by atoms with Gasteiger partial charge in [-0.15, -0.1) is 0 Å². The maximum atomic E-state index is 5.58. The van der Waals surface area contributed by atoms with E-state index in [1.54, 1.807) is 6.20 Å². The number of hydrogen-bond acceptors (Lipinski definition) is 6. The van der Waals surface area contributed by atoms with E-state index in [9.17, 15) is 0 Å². The van der Waals surface area contributed by atoms with Crippen LogP contribution in [0.3, 0.4) is 0 Å². The van der Waals surface area contributed by atoms with Crippen LogP contribution in [0.1, 0.15) is 31.6 Å². The van der Waals surface area contributed by atoms with Gasteiger partial charge in [0.25, 0.3) is 0 Å². The van der Waals surface area contributed by atoms with E-state index in [1.165, 1.54) is 0 Å². The molecule has 3 heterocycles. The molecule has 2 aromatic heterocycles. The summed E-state index contributed by atoms with van der Waals surface area (Å²) in [6.45, 7) is 4.54. The molecule has 1 saturated heterocycles. The van der Waals surface area contributed by atoms with E-state index in [1.807, 2.05) is 17.8 Å². The van der Waals surface area contributed by atoms with Gasteiger partial charge < -0.3 is 19.1 Å². The highest BCUT2D eigenvalue weighted by molar-refractivity contribution is 5.42. The summed E-state index contributed by atoms with van der Waals surface area (Å²) < 4.78 is 12.9. The molecule has 1 fully saturated rings. The van der Waals surface area contributed by atoms with Crippen molar-refractivity contribution in [2.45, 2.75) is 31.7 Å². The van der Waals surface area contributed by atoms with Crippen molar-refractivity contribution in [2.24, 2.45) is 7.05 Å². The number of nitrogens with one attached hydrogen (secondary N) is 1. The lowest BCUT2D eigenvalue weighted by Gasteiger charge is -2.29. The lowest BCUT2D eigenvalue weighted by Crippen LogP contribution is -2.41. The molecular formula is C14H21N5O2. The Morgan fingerprint density at radius 3 is 3.14 bits per heavy atom. The molecule has 2 aromatic rings. The smallest absolute Gasteiger partial charge is 0.238 e. The van der Waals surface area contributed by atoms with E-state index in [0.717, 1.165) is 26.0 Å². The number of nitrogens with zero attached hydrogens (tertiary/aromatic N) is 4. The molecule has 7 heteroatoms. The zero-order valence-electron chi connectivity index (χ0n) is 12.5. The molecule has 0 aromatic carbocycles. The van der Waals surface area contributed by atoms with Crippen LogP contribution in [0.25, 0.3) is 11.6 Å². The molecule has 0 amide bonds. The van der Waals surface area contributed by atoms with E-state index in [-0.39, 0.29) is 5.92 Å². The van der Waals surface area contributed by atoms with Crippen LogP contribution < -0.4 is 5.32 Å². The number of hydrogen-bond donors (Lipinski definition) is 1. The van der Waals surface area contributed by atoms with Gasteiger partial charge in [0, 0.05) is 32.1 Å². The monoisotopic (exact) mass is 291 g/mol. The third kappa shape index (κ3) is 2.98. The lowest BCUT2D eigenvalue weighted by molar-refractivity contribution is 0.0498. The SMILES string of the molecule is CCCNC1CCOCC1c1nc(-c2nccn2C)no1. The van der Waals surface area contributed by atoms with Crippen molar-refractivity contribution in [1.82, 2.24) is 25.0 Å². The van der Waals surface area contributed by atoms with Crippen molar-refractivity contribution in [3.8, 4) is 11.6 Å². The summed E-state index contributed by atoms with van der Waals surface area (Å²) >= 11 is 0. The van der Waals surface area contributed by atoms with E-state index in [2.05, 4.69) is 27.4 Å². The normalized spacial score (nSPS) is 22.6. The van der Waals surface area contributed by atoms with Gasteiger partial charge in [-0.2, -0.15) is 4.98 Å². The highest BCUT2D eigenvalue weighted by atomic mass is 16.5. The van der Waals surface area contributed by atoms with Crippen molar-refractivity contribution >= 4 is 0 Å². The molecule has 0 bridgehead atoms. The van der Waals surface area contributed by atoms with Crippen molar-refractivity contribution in [2.75, 3.05) is 19.8 Å².